The number of pyridine rings is 1. The average molecular weight is 289 g/mol. The number of sulfonamides is 1. The van der Waals surface area contributed by atoms with E-state index in [0.29, 0.717) is 0 Å². The van der Waals surface area contributed by atoms with Crippen LogP contribution in [0.15, 0.2) is 23.2 Å². The third kappa shape index (κ3) is 2.18. The van der Waals surface area contributed by atoms with Gasteiger partial charge in [0.2, 0.25) is 10.0 Å². The number of anilines is 1. The number of aromatic nitrogens is 1. The first kappa shape index (κ1) is 12.7. The Balaban J connectivity index is 2.12. The minimum absolute atomic E-state index is 0.0322. The van der Waals surface area contributed by atoms with Crippen molar-refractivity contribution in [3.8, 4) is 0 Å². The normalized spacial score (nSPS) is 28.1. The third-order valence-electron chi connectivity index (χ3n) is 3.51. The van der Waals surface area contributed by atoms with Crippen molar-refractivity contribution in [2.75, 3.05) is 18.0 Å². The van der Waals surface area contributed by atoms with E-state index in [2.05, 4.69) is 9.71 Å². The molecule has 1 atom stereocenters. The zero-order valence-corrected chi connectivity index (χ0v) is 10.8. The van der Waals surface area contributed by atoms with Gasteiger partial charge in [0.1, 0.15) is 10.7 Å². The Kier molecular flexibility index (Phi) is 2.75. The molecule has 104 valence electrons. The van der Waals surface area contributed by atoms with Gasteiger partial charge in [-0.2, -0.15) is 0 Å². The van der Waals surface area contributed by atoms with E-state index in [4.69, 9.17) is 0 Å². The fourth-order valence-corrected chi connectivity index (χ4v) is 3.78. The van der Waals surface area contributed by atoms with E-state index in [-0.39, 0.29) is 36.1 Å². The second-order valence-corrected chi connectivity index (χ2v) is 6.59. The molecule has 0 spiro atoms. The molecule has 2 aliphatic rings. The van der Waals surface area contributed by atoms with Gasteiger partial charge < -0.3 is 4.90 Å². The molecule has 1 aromatic heterocycles. The molecule has 1 unspecified atom stereocenters. The number of fused-ring (bicyclic) bond motifs is 3. The molecule has 0 amide bonds. The minimum Gasteiger partial charge on any atom is -0.345 e. The van der Waals surface area contributed by atoms with Gasteiger partial charge >= 0.3 is 0 Å². The quantitative estimate of drug-likeness (QED) is 0.773. The van der Waals surface area contributed by atoms with Crippen molar-refractivity contribution >= 4 is 15.8 Å². The molecule has 1 N–H and O–H groups in total. The van der Waals surface area contributed by atoms with Crippen LogP contribution in [0.1, 0.15) is 12.8 Å². The lowest BCUT2D eigenvalue weighted by atomic mass is 9.99. The smallest absolute Gasteiger partial charge is 0.265 e. The summed E-state index contributed by atoms with van der Waals surface area (Å²) < 4.78 is 53.6. The van der Waals surface area contributed by atoms with E-state index < -0.39 is 22.5 Å². The monoisotopic (exact) mass is 289 g/mol. The zero-order chi connectivity index (χ0) is 13.7. The van der Waals surface area contributed by atoms with Crippen LogP contribution < -0.4 is 9.62 Å². The van der Waals surface area contributed by atoms with Crippen LogP contribution in [-0.2, 0) is 10.0 Å². The second kappa shape index (κ2) is 4.11. The molecule has 0 aromatic carbocycles. The summed E-state index contributed by atoms with van der Waals surface area (Å²) in [5, 5.41) is 0. The molecule has 0 aliphatic carbocycles. The van der Waals surface area contributed by atoms with Crippen LogP contribution in [-0.4, -0.2) is 38.5 Å². The largest absolute Gasteiger partial charge is 0.345 e. The van der Waals surface area contributed by atoms with E-state index in [1.165, 1.54) is 23.2 Å². The number of nitrogens with one attached hydrogen (secondary N) is 1. The van der Waals surface area contributed by atoms with Crippen LogP contribution in [0.25, 0.3) is 0 Å². The summed E-state index contributed by atoms with van der Waals surface area (Å²) in [5.41, 5.74) is 0. The SMILES string of the molecule is O=S1(=O)NCC2CCC(F)(F)CN2c2ncccc21. The van der Waals surface area contributed by atoms with Crippen molar-refractivity contribution < 1.29 is 17.2 Å². The maximum Gasteiger partial charge on any atom is 0.265 e. The Bertz CT molecular complexity index is 606. The predicted molar refractivity (Wildman–Crippen MR) is 64.7 cm³/mol. The summed E-state index contributed by atoms with van der Waals surface area (Å²) >= 11 is 0. The summed E-state index contributed by atoms with van der Waals surface area (Å²) in [6.45, 7) is -0.354. The van der Waals surface area contributed by atoms with Crippen LogP contribution in [0, 0.1) is 0 Å². The molecule has 1 fully saturated rings. The molecule has 0 saturated carbocycles. The molecule has 0 radical (unpaired) electrons. The van der Waals surface area contributed by atoms with Crippen molar-refractivity contribution in [2.45, 2.75) is 29.7 Å². The highest BCUT2D eigenvalue weighted by Gasteiger charge is 2.43. The van der Waals surface area contributed by atoms with E-state index >= 15 is 0 Å². The maximum absolute atomic E-state index is 13.6. The number of hydrogen-bond donors (Lipinski definition) is 1. The Hall–Kier alpha value is -1.28. The molecule has 8 heteroatoms. The highest BCUT2D eigenvalue weighted by molar-refractivity contribution is 7.89. The number of nitrogens with zero attached hydrogens (tertiary/aromatic N) is 2. The van der Waals surface area contributed by atoms with Gasteiger partial charge in [-0.3, -0.25) is 0 Å². The van der Waals surface area contributed by atoms with Gasteiger partial charge in [0.25, 0.3) is 5.92 Å². The lowest BCUT2D eigenvalue weighted by Gasteiger charge is -2.39. The summed E-state index contributed by atoms with van der Waals surface area (Å²) in [6, 6.07) is 2.60. The molecule has 0 bridgehead atoms. The Morgan fingerprint density at radius 2 is 2.26 bits per heavy atom. The number of alkyl halides is 2. The number of rotatable bonds is 0. The molecule has 5 nitrogen and oxygen atoms in total. The molecule has 2 aliphatic heterocycles. The fourth-order valence-electron chi connectivity index (χ4n) is 2.54. The number of hydrogen-bond acceptors (Lipinski definition) is 4. The van der Waals surface area contributed by atoms with Gasteiger partial charge in [0, 0.05) is 25.2 Å². The van der Waals surface area contributed by atoms with Gasteiger partial charge in [0.05, 0.1) is 6.54 Å². The van der Waals surface area contributed by atoms with Crippen LogP contribution >= 0.6 is 0 Å². The van der Waals surface area contributed by atoms with Crippen molar-refractivity contribution in [3.63, 3.8) is 0 Å². The van der Waals surface area contributed by atoms with Gasteiger partial charge in [0.15, 0.2) is 0 Å². The van der Waals surface area contributed by atoms with Crippen LogP contribution in [0.3, 0.4) is 0 Å². The number of piperidine rings is 1. The second-order valence-electron chi connectivity index (χ2n) is 4.85. The third-order valence-corrected chi connectivity index (χ3v) is 4.95. The summed E-state index contributed by atoms with van der Waals surface area (Å²) in [5.74, 6) is -2.68. The molecule has 3 rings (SSSR count). The van der Waals surface area contributed by atoms with Crippen LogP contribution in [0.2, 0.25) is 0 Å². The van der Waals surface area contributed by atoms with E-state index in [1.54, 1.807) is 0 Å². The van der Waals surface area contributed by atoms with Gasteiger partial charge in [-0.05, 0) is 18.6 Å². The molecule has 1 saturated heterocycles. The predicted octanol–water partition coefficient (Wildman–Crippen LogP) is 0.978. The Labute approximate surface area is 109 Å². The molecule has 19 heavy (non-hydrogen) atoms. The summed E-state index contributed by atoms with van der Waals surface area (Å²) in [4.78, 5) is 5.38. The highest BCUT2D eigenvalue weighted by Crippen LogP contribution is 2.36. The van der Waals surface area contributed by atoms with Crippen molar-refractivity contribution in [2.24, 2.45) is 0 Å². The fraction of sp³-hybridized carbons (Fsp3) is 0.545. The summed E-state index contributed by atoms with van der Waals surface area (Å²) in [6.07, 6.45) is 1.44. The molecular formula is C11H13F2N3O2S. The van der Waals surface area contributed by atoms with Crippen molar-refractivity contribution in [3.05, 3.63) is 18.3 Å². The first-order chi connectivity index (χ1) is 8.89. The lowest BCUT2D eigenvalue weighted by molar-refractivity contribution is -0.0187. The van der Waals surface area contributed by atoms with E-state index in [9.17, 15) is 17.2 Å². The summed E-state index contributed by atoms with van der Waals surface area (Å²) in [7, 11) is -3.67. The average Bonchev–Trinajstić information content (AvgIpc) is 2.46. The number of halogens is 2. The van der Waals surface area contributed by atoms with Gasteiger partial charge in [-0.25, -0.2) is 26.9 Å². The van der Waals surface area contributed by atoms with Gasteiger partial charge in [-0.1, -0.05) is 0 Å². The first-order valence-electron chi connectivity index (χ1n) is 5.98. The topological polar surface area (TPSA) is 62.3 Å². The Morgan fingerprint density at radius 3 is 3.05 bits per heavy atom. The highest BCUT2D eigenvalue weighted by atomic mass is 32.2. The molecule has 1 aromatic rings. The minimum atomic E-state index is -3.67. The van der Waals surface area contributed by atoms with Crippen molar-refractivity contribution in [1.82, 2.24) is 9.71 Å². The molecular weight excluding hydrogens is 276 g/mol. The first-order valence-corrected chi connectivity index (χ1v) is 7.47. The van der Waals surface area contributed by atoms with E-state index in [0.717, 1.165) is 0 Å². The lowest BCUT2D eigenvalue weighted by Crippen LogP contribution is -2.51. The Morgan fingerprint density at radius 1 is 1.47 bits per heavy atom. The van der Waals surface area contributed by atoms with Crippen LogP contribution in [0.5, 0.6) is 0 Å². The van der Waals surface area contributed by atoms with E-state index in [1.807, 2.05) is 0 Å². The molecule has 3 heterocycles. The maximum atomic E-state index is 13.6. The van der Waals surface area contributed by atoms with Crippen LogP contribution in [0.4, 0.5) is 14.6 Å². The standard InChI is InChI=1S/C11H13F2N3O2S/c12-11(13)4-3-8-6-15-19(17,18)9-2-1-5-14-10(9)16(8)7-11/h1-2,5,8,15H,3-4,6-7H2. The van der Waals surface area contributed by atoms with Crippen molar-refractivity contribution in [1.29, 1.82) is 0 Å². The van der Waals surface area contributed by atoms with Gasteiger partial charge in [-0.15, -0.1) is 0 Å². The zero-order valence-electron chi connectivity index (χ0n) is 10.0.